The molecule has 0 N–H and O–H groups in total. The van der Waals surface area contributed by atoms with E-state index in [0.717, 1.165) is 12.1 Å². The van der Waals surface area contributed by atoms with Gasteiger partial charge < -0.3 is 19.8 Å². The molecular weight excluding hydrogens is 225 g/mol. The fourth-order valence-electron chi connectivity index (χ4n) is 0.809. The Kier molecular flexibility index (Phi) is 8.60. The minimum absolute atomic E-state index is 0. The molecular formula is C8H3FNa2O4. The molecule has 0 fully saturated rings. The van der Waals surface area contributed by atoms with Gasteiger partial charge in [0.25, 0.3) is 0 Å². The molecule has 0 bridgehead atoms. The van der Waals surface area contributed by atoms with E-state index in [9.17, 15) is 24.2 Å². The van der Waals surface area contributed by atoms with Gasteiger partial charge in [-0.3, -0.25) is 0 Å². The molecule has 0 aliphatic rings. The fraction of sp³-hybridized carbons (Fsp3) is 0. The van der Waals surface area contributed by atoms with Gasteiger partial charge in [0.1, 0.15) is 5.82 Å². The number of aromatic carboxylic acids is 2. The summed E-state index contributed by atoms with van der Waals surface area (Å²) >= 11 is 0. The molecule has 0 atom stereocenters. The summed E-state index contributed by atoms with van der Waals surface area (Å²) in [6.45, 7) is 0. The van der Waals surface area contributed by atoms with Gasteiger partial charge >= 0.3 is 59.1 Å². The molecule has 0 amide bonds. The molecule has 68 valence electrons. The van der Waals surface area contributed by atoms with Gasteiger partial charge in [-0.25, -0.2) is 4.39 Å². The van der Waals surface area contributed by atoms with Crippen molar-refractivity contribution in [1.82, 2.24) is 0 Å². The first-order valence-corrected chi connectivity index (χ1v) is 3.24. The summed E-state index contributed by atoms with van der Waals surface area (Å²) in [5.41, 5.74) is -1.19. The largest absolute Gasteiger partial charge is 1.00 e. The van der Waals surface area contributed by atoms with Crippen molar-refractivity contribution < 1.29 is 83.3 Å². The Morgan fingerprint density at radius 1 is 1.07 bits per heavy atom. The average molecular weight is 228 g/mol. The Hall–Kier alpha value is 0.0900. The zero-order valence-corrected chi connectivity index (χ0v) is 12.2. The first-order valence-electron chi connectivity index (χ1n) is 3.24. The summed E-state index contributed by atoms with van der Waals surface area (Å²) in [7, 11) is 0. The maximum atomic E-state index is 12.6. The quantitative estimate of drug-likeness (QED) is 0.471. The Morgan fingerprint density at radius 2 is 1.60 bits per heavy atom. The molecule has 1 aromatic carbocycles. The van der Waals surface area contributed by atoms with Crippen LogP contribution in [0.3, 0.4) is 0 Å². The molecule has 0 aliphatic carbocycles. The van der Waals surface area contributed by atoms with Gasteiger partial charge in [-0.2, -0.15) is 0 Å². The smallest absolute Gasteiger partial charge is 0.545 e. The van der Waals surface area contributed by atoms with Crippen LogP contribution in [0.1, 0.15) is 20.7 Å². The van der Waals surface area contributed by atoms with Crippen LogP contribution in [-0.4, -0.2) is 11.9 Å². The number of carboxylic acids is 2. The first-order chi connectivity index (χ1) is 6.02. The monoisotopic (exact) mass is 228 g/mol. The van der Waals surface area contributed by atoms with Crippen molar-refractivity contribution in [2.24, 2.45) is 0 Å². The third-order valence-corrected chi connectivity index (χ3v) is 1.42. The van der Waals surface area contributed by atoms with E-state index < -0.39 is 28.9 Å². The molecule has 0 saturated heterocycles. The van der Waals surface area contributed by atoms with Crippen molar-refractivity contribution in [3.63, 3.8) is 0 Å². The number of carbonyl (C=O) groups excluding carboxylic acids is 2. The summed E-state index contributed by atoms with van der Waals surface area (Å²) in [5, 5.41) is 20.5. The second-order valence-electron chi connectivity index (χ2n) is 2.27. The molecule has 7 heteroatoms. The number of carbonyl (C=O) groups is 2. The number of halogens is 1. The van der Waals surface area contributed by atoms with E-state index in [0.29, 0.717) is 6.07 Å². The van der Waals surface area contributed by atoms with Crippen LogP contribution in [0.5, 0.6) is 0 Å². The van der Waals surface area contributed by atoms with Crippen molar-refractivity contribution in [3.05, 3.63) is 35.1 Å². The van der Waals surface area contributed by atoms with Crippen molar-refractivity contribution in [2.45, 2.75) is 0 Å². The Bertz CT molecular complexity index is 381. The van der Waals surface area contributed by atoms with Gasteiger partial charge in [-0.15, -0.1) is 0 Å². The third-order valence-electron chi connectivity index (χ3n) is 1.42. The van der Waals surface area contributed by atoms with Crippen LogP contribution >= 0.6 is 0 Å². The predicted octanol–water partition coefficient (Wildman–Crippen LogP) is -7.44. The molecule has 0 heterocycles. The standard InChI is InChI=1S/C8H5FO4.2Na/c9-6-2-1-4(7(10)11)3-5(6)8(12)13;;/h1-3H,(H,10,11)(H,12,13);;/q;2*+1/p-2. The summed E-state index contributed by atoms with van der Waals surface area (Å²) in [6, 6.07) is 2.30. The van der Waals surface area contributed by atoms with Crippen molar-refractivity contribution in [1.29, 1.82) is 0 Å². The number of carboxylic acid groups (broad SMARTS) is 2. The summed E-state index contributed by atoms with van der Waals surface area (Å²) in [5.74, 6) is -4.37. The number of benzene rings is 1. The molecule has 0 aromatic heterocycles. The number of hydrogen-bond acceptors (Lipinski definition) is 4. The van der Waals surface area contributed by atoms with E-state index in [2.05, 4.69) is 0 Å². The molecule has 0 aliphatic heterocycles. The van der Waals surface area contributed by atoms with E-state index in [1.807, 2.05) is 0 Å². The van der Waals surface area contributed by atoms with E-state index in [-0.39, 0.29) is 59.1 Å². The molecule has 1 rings (SSSR count). The Labute approximate surface area is 129 Å². The fourth-order valence-corrected chi connectivity index (χ4v) is 0.809. The van der Waals surface area contributed by atoms with Gasteiger partial charge in [0.2, 0.25) is 0 Å². The van der Waals surface area contributed by atoms with Crippen LogP contribution in [0.15, 0.2) is 18.2 Å². The average Bonchev–Trinajstić information content (AvgIpc) is 2.04. The van der Waals surface area contributed by atoms with Crippen LogP contribution in [0.2, 0.25) is 0 Å². The van der Waals surface area contributed by atoms with Crippen molar-refractivity contribution in [3.8, 4) is 0 Å². The Balaban J connectivity index is 0. The van der Waals surface area contributed by atoms with Crippen LogP contribution < -0.4 is 69.3 Å². The molecule has 15 heavy (non-hydrogen) atoms. The minimum Gasteiger partial charge on any atom is -0.545 e. The van der Waals surface area contributed by atoms with Crippen molar-refractivity contribution >= 4 is 11.9 Å². The van der Waals surface area contributed by atoms with Crippen LogP contribution in [0.25, 0.3) is 0 Å². The third kappa shape index (κ3) is 4.63. The summed E-state index contributed by atoms with van der Waals surface area (Å²) in [6.07, 6.45) is 0. The predicted molar refractivity (Wildman–Crippen MR) is 35.1 cm³/mol. The minimum atomic E-state index is -1.76. The molecule has 4 nitrogen and oxygen atoms in total. The van der Waals surface area contributed by atoms with Gasteiger partial charge in [0, 0.05) is 5.56 Å². The Morgan fingerprint density at radius 3 is 2.00 bits per heavy atom. The molecule has 1 aromatic rings. The molecule has 0 spiro atoms. The second-order valence-corrected chi connectivity index (χ2v) is 2.27. The molecule has 0 saturated carbocycles. The topological polar surface area (TPSA) is 80.3 Å². The normalized spacial score (nSPS) is 8.33. The van der Waals surface area contributed by atoms with Gasteiger partial charge in [0.05, 0.1) is 11.9 Å². The molecule has 0 unspecified atom stereocenters. The van der Waals surface area contributed by atoms with Gasteiger partial charge in [-0.05, 0) is 17.7 Å². The van der Waals surface area contributed by atoms with E-state index in [4.69, 9.17) is 0 Å². The maximum Gasteiger partial charge on any atom is 1.00 e. The van der Waals surface area contributed by atoms with Crippen LogP contribution in [0, 0.1) is 5.82 Å². The SMILES string of the molecule is O=C([O-])c1ccc(F)c(C(=O)[O-])c1.[Na+].[Na+]. The van der Waals surface area contributed by atoms with E-state index >= 15 is 0 Å². The van der Waals surface area contributed by atoms with Crippen molar-refractivity contribution in [2.75, 3.05) is 0 Å². The summed E-state index contributed by atoms with van der Waals surface area (Å²) in [4.78, 5) is 20.5. The van der Waals surface area contributed by atoms with Crippen LogP contribution in [-0.2, 0) is 0 Å². The number of rotatable bonds is 2. The van der Waals surface area contributed by atoms with E-state index in [1.165, 1.54) is 0 Å². The molecule has 0 radical (unpaired) electrons. The first kappa shape index (κ1) is 17.5. The number of hydrogen-bond donors (Lipinski definition) is 0. The second kappa shape index (κ2) is 7.38. The zero-order valence-electron chi connectivity index (χ0n) is 8.24. The van der Waals surface area contributed by atoms with Crippen LogP contribution in [0.4, 0.5) is 4.39 Å². The van der Waals surface area contributed by atoms with Gasteiger partial charge in [-0.1, -0.05) is 6.07 Å². The van der Waals surface area contributed by atoms with Gasteiger partial charge in [0.15, 0.2) is 0 Å². The van der Waals surface area contributed by atoms with E-state index in [1.54, 1.807) is 0 Å². The summed E-state index contributed by atoms with van der Waals surface area (Å²) < 4.78 is 12.6. The zero-order chi connectivity index (χ0) is 10.0. The maximum absolute atomic E-state index is 12.6.